The number of aromatic nitrogens is 3. The summed E-state index contributed by atoms with van der Waals surface area (Å²) >= 11 is 2.28. The van der Waals surface area contributed by atoms with Crippen LogP contribution in [0.2, 0.25) is 0 Å². The molecule has 0 radical (unpaired) electrons. The van der Waals surface area contributed by atoms with Crippen LogP contribution in [0.1, 0.15) is 50.9 Å². The molecule has 3 rings (SSSR count). The lowest BCUT2D eigenvalue weighted by atomic mass is 10.0. The van der Waals surface area contributed by atoms with Gasteiger partial charge in [0.15, 0.2) is 11.0 Å². The van der Waals surface area contributed by atoms with Gasteiger partial charge in [-0.25, -0.2) is 4.79 Å². The first-order valence-corrected chi connectivity index (χ1v) is 13.4. The fourth-order valence-electron chi connectivity index (χ4n) is 3.57. The predicted octanol–water partition coefficient (Wildman–Crippen LogP) is 4.84. The zero-order chi connectivity index (χ0) is 27.3. The van der Waals surface area contributed by atoms with Crippen LogP contribution in [0.25, 0.3) is 11.4 Å². The van der Waals surface area contributed by atoms with Gasteiger partial charge in [-0.05, 0) is 24.0 Å². The van der Waals surface area contributed by atoms with E-state index in [0.717, 1.165) is 16.9 Å². The van der Waals surface area contributed by atoms with Crippen LogP contribution in [-0.4, -0.2) is 64.4 Å². The number of methoxy groups -OCH3 is 1. The van der Waals surface area contributed by atoms with E-state index in [0.29, 0.717) is 33.9 Å². The van der Waals surface area contributed by atoms with Crippen LogP contribution in [-0.2, 0) is 16.1 Å². The quantitative estimate of drug-likeness (QED) is 0.222. The lowest BCUT2D eigenvalue weighted by Gasteiger charge is -2.10. The van der Waals surface area contributed by atoms with Gasteiger partial charge in [0.25, 0.3) is 5.91 Å². The molecule has 9 nitrogen and oxygen atoms in total. The molecule has 2 heterocycles. The van der Waals surface area contributed by atoms with E-state index in [4.69, 9.17) is 4.74 Å². The highest BCUT2D eigenvalue weighted by Crippen LogP contribution is 2.35. The van der Waals surface area contributed by atoms with Crippen LogP contribution < -0.4 is 5.32 Å². The molecule has 1 aromatic carbocycles. The normalized spacial score (nSPS) is 10.9. The molecular weight excluding hydrogens is 510 g/mol. The Kier molecular flexibility index (Phi) is 9.28. The number of carbonyl (C=O) groups excluding carboxylic acids is 3. The van der Waals surface area contributed by atoms with Gasteiger partial charge in [-0.2, -0.15) is 0 Å². The fourth-order valence-corrected chi connectivity index (χ4v) is 5.55. The van der Waals surface area contributed by atoms with Crippen molar-refractivity contribution in [3.05, 3.63) is 58.5 Å². The van der Waals surface area contributed by atoms with Gasteiger partial charge in [0.05, 0.1) is 23.3 Å². The first-order valence-electron chi connectivity index (χ1n) is 11.6. The molecule has 0 aliphatic rings. The maximum absolute atomic E-state index is 12.9. The van der Waals surface area contributed by atoms with E-state index in [9.17, 15) is 14.4 Å². The lowest BCUT2D eigenvalue weighted by molar-refractivity contribution is -0.113. The van der Waals surface area contributed by atoms with Gasteiger partial charge in [0, 0.05) is 26.2 Å². The van der Waals surface area contributed by atoms with E-state index in [1.165, 1.54) is 29.3 Å². The molecule has 0 fully saturated rings. The van der Waals surface area contributed by atoms with E-state index in [2.05, 4.69) is 48.1 Å². The SMILES string of the molecule is C=CCn1c(SCC(=O)Nc2sc(C(=O)N(C)C)c(C)c2C(=O)OC)nnc1-c1ccc(C(C)C)cc1. The number of hydrogen-bond acceptors (Lipinski definition) is 8. The van der Waals surface area contributed by atoms with Gasteiger partial charge in [0.1, 0.15) is 5.00 Å². The zero-order valence-electron chi connectivity index (χ0n) is 21.8. The van der Waals surface area contributed by atoms with Crippen molar-refractivity contribution < 1.29 is 19.1 Å². The molecule has 0 atom stereocenters. The van der Waals surface area contributed by atoms with E-state index < -0.39 is 5.97 Å². The second kappa shape index (κ2) is 12.2. The maximum Gasteiger partial charge on any atom is 0.341 e. The molecular formula is C26H31N5O4S2. The van der Waals surface area contributed by atoms with Crippen molar-refractivity contribution in [3.8, 4) is 11.4 Å². The van der Waals surface area contributed by atoms with Crippen LogP contribution in [0.4, 0.5) is 5.00 Å². The van der Waals surface area contributed by atoms with E-state index >= 15 is 0 Å². The lowest BCUT2D eigenvalue weighted by Crippen LogP contribution is -2.21. The standard InChI is InChI=1S/C26H31N5O4S2/c1-8-13-31-22(18-11-9-17(10-12-18)15(2)3)28-29-26(31)36-14-19(32)27-23-20(25(34)35-7)16(4)21(37-23)24(33)30(5)6/h8-12,15H,1,13-14H2,2-7H3,(H,27,32). The number of thioether (sulfide) groups is 1. The smallest absolute Gasteiger partial charge is 0.341 e. The van der Waals surface area contributed by atoms with Crippen molar-refractivity contribution >= 4 is 45.9 Å². The molecule has 0 saturated carbocycles. The summed E-state index contributed by atoms with van der Waals surface area (Å²) in [7, 11) is 4.51. The molecule has 0 aliphatic heterocycles. The predicted molar refractivity (Wildman–Crippen MR) is 148 cm³/mol. The zero-order valence-corrected chi connectivity index (χ0v) is 23.5. The number of carbonyl (C=O) groups is 3. The van der Waals surface area contributed by atoms with Gasteiger partial charge >= 0.3 is 5.97 Å². The van der Waals surface area contributed by atoms with Crippen molar-refractivity contribution in [2.75, 3.05) is 32.3 Å². The number of thiophene rings is 1. The number of allylic oxidation sites excluding steroid dienone is 1. The first kappa shape index (κ1) is 28.1. The Morgan fingerprint density at radius 1 is 1.22 bits per heavy atom. The molecule has 0 bridgehead atoms. The average Bonchev–Trinajstić information content (AvgIpc) is 3.42. The molecule has 0 spiro atoms. The van der Waals surface area contributed by atoms with Gasteiger partial charge in [0.2, 0.25) is 5.91 Å². The average molecular weight is 542 g/mol. The number of benzene rings is 1. The van der Waals surface area contributed by atoms with Crippen molar-refractivity contribution in [1.29, 1.82) is 0 Å². The van der Waals surface area contributed by atoms with Crippen LogP contribution in [0.15, 0.2) is 42.1 Å². The third-order valence-corrected chi connectivity index (χ3v) is 7.75. The van der Waals surface area contributed by atoms with E-state index in [-0.39, 0.29) is 28.1 Å². The third-order valence-electron chi connectivity index (χ3n) is 5.59. The van der Waals surface area contributed by atoms with Crippen LogP contribution in [0.3, 0.4) is 0 Å². The molecule has 0 unspecified atom stereocenters. The molecule has 3 aromatic rings. The highest BCUT2D eigenvalue weighted by molar-refractivity contribution is 7.99. The number of anilines is 1. The number of ether oxygens (including phenoxy) is 1. The summed E-state index contributed by atoms with van der Waals surface area (Å²) in [5, 5.41) is 12.3. The molecule has 2 amide bonds. The number of amides is 2. The summed E-state index contributed by atoms with van der Waals surface area (Å²) in [4.78, 5) is 39.6. The van der Waals surface area contributed by atoms with Crippen molar-refractivity contribution in [2.24, 2.45) is 0 Å². The minimum atomic E-state index is -0.617. The maximum atomic E-state index is 12.9. The Hall–Kier alpha value is -3.44. The van der Waals surface area contributed by atoms with Crippen molar-refractivity contribution in [2.45, 2.75) is 38.4 Å². The molecule has 11 heteroatoms. The highest BCUT2D eigenvalue weighted by Gasteiger charge is 2.27. The molecule has 0 saturated heterocycles. The van der Waals surface area contributed by atoms with Gasteiger partial charge in [-0.15, -0.1) is 28.1 Å². The number of esters is 1. The Bertz CT molecular complexity index is 1310. The first-order chi connectivity index (χ1) is 17.6. The monoisotopic (exact) mass is 541 g/mol. The van der Waals surface area contributed by atoms with Gasteiger partial charge < -0.3 is 15.0 Å². The van der Waals surface area contributed by atoms with Gasteiger partial charge in [-0.3, -0.25) is 14.2 Å². The summed E-state index contributed by atoms with van der Waals surface area (Å²) in [6.45, 7) is 10.3. The molecule has 0 aliphatic carbocycles. The van der Waals surface area contributed by atoms with Crippen LogP contribution in [0, 0.1) is 6.92 Å². The van der Waals surface area contributed by atoms with Crippen LogP contribution in [0.5, 0.6) is 0 Å². The van der Waals surface area contributed by atoms with E-state index in [1.807, 2.05) is 16.7 Å². The summed E-state index contributed by atoms with van der Waals surface area (Å²) in [6, 6.07) is 8.18. The van der Waals surface area contributed by atoms with Crippen LogP contribution >= 0.6 is 23.1 Å². The number of nitrogens with zero attached hydrogens (tertiary/aromatic N) is 4. The Labute approximate surface area is 224 Å². The molecule has 196 valence electrons. The minimum Gasteiger partial charge on any atom is -0.465 e. The van der Waals surface area contributed by atoms with Crippen molar-refractivity contribution in [1.82, 2.24) is 19.7 Å². The largest absolute Gasteiger partial charge is 0.465 e. The number of rotatable bonds is 10. The fraction of sp³-hybridized carbons (Fsp3) is 0.346. The number of hydrogen-bond donors (Lipinski definition) is 1. The summed E-state index contributed by atoms with van der Waals surface area (Å²) in [5.41, 5.74) is 2.80. The van der Waals surface area contributed by atoms with E-state index in [1.54, 1.807) is 27.1 Å². The van der Waals surface area contributed by atoms with Gasteiger partial charge in [-0.1, -0.05) is 56.0 Å². The second-order valence-electron chi connectivity index (χ2n) is 8.77. The molecule has 2 aromatic heterocycles. The Morgan fingerprint density at radius 2 is 1.89 bits per heavy atom. The Balaban J connectivity index is 1.80. The summed E-state index contributed by atoms with van der Waals surface area (Å²) in [6.07, 6.45) is 1.75. The minimum absolute atomic E-state index is 0.0239. The summed E-state index contributed by atoms with van der Waals surface area (Å²) < 4.78 is 6.79. The topological polar surface area (TPSA) is 106 Å². The number of nitrogens with one attached hydrogen (secondary N) is 1. The molecule has 1 N–H and O–H groups in total. The Morgan fingerprint density at radius 3 is 2.46 bits per heavy atom. The second-order valence-corrected chi connectivity index (χ2v) is 10.7. The third kappa shape index (κ3) is 6.28. The highest BCUT2D eigenvalue weighted by atomic mass is 32.2. The van der Waals surface area contributed by atoms with Crippen molar-refractivity contribution in [3.63, 3.8) is 0 Å². The summed E-state index contributed by atoms with van der Waals surface area (Å²) in [5.74, 6) is -0.0881. The molecule has 37 heavy (non-hydrogen) atoms.